The highest BCUT2D eigenvalue weighted by molar-refractivity contribution is 5.81. The highest BCUT2D eigenvalue weighted by atomic mass is 15.2. The first-order valence-electron chi connectivity index (χ1n) is 6.43. The Bertz CT molecular complexity index is 693. The lowest BCUT2D eigenvalue weighted by atomic mass is 10.0. The van der Waals surface area contributed by atoms with E-state index in [1.807, 2.05) is 36.5 Å². The predicted octanol–water partition coefficient (Wildman–Crippen LogP) is 1.77. The van der Waals surface area contributed by atoms with Gasteiger partial charge in [0.1, 0.15) is 6.33 Å². The molecule has 1 atom stereocenters. The number of fused-ring (bicyclic) bond motifs is 1. The maximum Gasteiger partial charge on any atom is 0.115 e. The Hall–Kier alpha value is -2.37. The standard InChI is InChI=1S/C15H15N5/c16-20-15(14-6-7-17-10-19-14)9-11-5-8-18-13-4-2-1-3-12(11)13/h1-8,10,15,20H,9,16H2. The second-order valence-electron chi connectivity index (χ2n) is 4.54. The van der Waals surface area contributed by atoms with E-state index >= 15 is 0 Å². The Morgan fingerprint density at radius 2 is 1.95 bits per heavy atom. The number of nitrogens with zero attached hydrogens (tertiary/aromatic N) is 3. The smallest absolute Gasteiger partial charge is 0.115 e. The first-order valence-corrected chi connectivity index (χ1v) is 6.43. The van der Waals surface area contributed by atoms with Crippen LogP contribution in [0.15, 0.2) is 55.1 Å². The Morgan fingerprint density at radius 1 is 1.05 bits per heavy atom. The van der Waals surface area contributed by atoms with Crippen molar-refractivity contribution < 1.29 is 0 Å². The van der Waals surface area contributed by atoms with E-state index < -0.39 is 0 Å². The van der Waals surface area contributed by atoms with Crippen LogP contribution < -0.4 is 11.3 Å². The molecule has 20 heavy (non-hydrogen) atoms. The minimum atomic E-state index is -0.0520. The molecule has 0 amide bonds. The second kappa shape index (κ2) is 5.73. The molecule has 5 heteroatoms. The van der Waals surface area contributed by atoms with Gasteiger partial charge in [0.15, 0.2) is 0 Å². The summed E-state index contributed by atoms with van der Waals surface area (Å²) in [5, 5.41) is 1.14. The van der Waals surface area contributed by atoms with Gasteiger partial charge in [-0.05, 0) is 30.2 Å². The molecule has 0 fully saturated rings. The number of nitrogens with one attached hydrogen (secondary N) is 1. The maximum absolute atomic E-state index is 5.67. The normalized spacial score (nSPS) is 12.4. The molecule has 0 aliphatic heterocycles. The maximum atomic E-state index is 5.67. The van der Waals surface area contributed by atoms with Crippen molar-refractivity contribution in [1.29, 1.82) is 0 Å². The quantitative estimate of drug-likeness (QED) is 0.555. The monoisotopic (exact) mass is 265 g/mol. The van der Waals surface area contributed by atoms with Crippen LogP contribution in [0.2, 0.25) is 0 Å². The Labute approximate surface area is 116 Å². The van der Waals surface area contributed by atoms with Gasteiger partial charge in [0.2, 0.25) is 0 Å². The molecule has 3 N–H and O–H groups in total. The van der Waals surface area contributed by atoms with E-state index in [1.165, 1.54) is 11.9 Å². The van der Waals surface area contributed by atoms with E-state index in [0.717, 1.165) is 23.0 Å². The zero-order chi connectivity index (χ0) is 13.8. The summed E-state index contributed by atoms with van der Waals surface area (Å²) >= 11 is 0. The molecule has 2 aromatic heterocycles. The number of pyridine rings is 1. The number of hydrogen-bond donors (Lipinski definition) is 2. The lowest BCUT2D eigenvalue weighted by molar-refractivity contribution is 0.538. The van der Waals surface area contributed by atoms with Gasteiger partial charge in [-0.25, -0.2) is 9.97 Å². The van der Waals surface area contributed by atoms with E-state index in [9.17, 15) is 0 Å². The van der Waals surface area contributed by atoms with Crippen molar-refractivity contribution in [2.75, 3.05) is 0 Å². The molecule has 0 spiro atoms. The number of hydrazine groups is 1. The van der Waals surface area contributed by atoms with E-state index in [1.54, 1.807) is 6.20 Å². The average Bonchev–Trinajstić information content (AvgIpc) is 2.53. The molecule has 0 saturated heterocycles. The average molecular weight is 265 g/mol. The summed E-state index contributed by atoms with van der Waals surface area (Å²) in [4.78, 5) is 12.6. The first kappa shape index (κ1) is 12.7. The van der Waals surface area contributed by atoms with E-state index in [0.29, 0.717) is 0 Å². The van der Waals surface area contributed by atoms with Crippen molar-refractivity contribution in [3.05, 3.63) is 66.4 Å². The largest absolute Gasteiger partial charge is 0.271 e. The number of benzene rings is 1. The van der Waals surface area contributed by atoms with Crippen LogP contribution in [0.1, 0.15) is 17.3 Å². The zero-order valence-corrected chi connectivity index (χ0v) is 10.9. The van der Waals surface area contributed by atoms with Crippen LogP contribution in [0.4, 0.5) is 0 Å². The molecule has 1 aromatic carbocycles. The van der Waals surface area contributed by atoms with E-state index in [4.69, 9.17) is 5.84 Å². The SMILES string of the molecule is NNC(Cc1ccnc2ccccc12)c1ccncn1. The van der Waals surface area contributed by atoms with Gasteiger partial charge in [0.25, 0.3) is 0 Å². The summed E-state index contributed by atoms with van der Waals surface area (Å²) in [5.74, 6) is 5.67. The third kappa shape index (κ3) is 2.49. The Morgan fingerprint density at radius 3 is 2.75 bits per heavy atom. The van der Waals surface area contributed by atoms with Gasteiger partial charge in [-0.1, -0.05) is 18.2 Å². The third-order valence-corrected chi connectivity index (χ3v) is 3.33. The van der Waals surface area contributed by atoms with Crippen LogP contribution in [0.3, 0.4) is 0 Å². The number of para-hydroxylation sites is 1. The van der Waals surface area contributed by atoms with Crippen LogP contribution in [0.5, 0.6) is 0 Å². The molecule has 3 rings (SSSR count). The summed E-state index contributed by atoms with van der Waals surface area (Å²) in [6.07, 6.45) is 5.82. The molecule has 0 radical (unpaired) electrons. The van der Waals surface area contributed by atoms with Crippen LogP contribution in [-0.2, 0) is 6.42 Å². The van der Waals surface area contributed by atoms with Gasteiger partial charge >= 0.3 is 0 Å². The summed E-state index contributed by atoms with van der Waals surface area (Å²) in [5.41, 5.74) is 5.88. The van der Waals surface area contributed by atoms with Crippen LogP contribution in [0, 0.1) is 0 Å². The summed E-state index contributed by atoms with van der Waals surface area (Å²) < 4.78 is 0. The first-order chi connectivity index (χ1) is 9.88. The van der Waals surface area contributed by atoms with Crippen molar-refractivity contribution in [2.45, 2.75) is 12.5 Å². The van der Waals surface area contributed by atoms with Crippen LogP contribution in [0.25, 0.3) is 10.9 Å². The molecule has 5 nitrogen and oxygen atoms in total. The van der Waals surface area contributed by atoms with Gasteiger partial charge in [0, 0.05) is 17.8 Å². The Balaban J connectivity index is 1.96. The highest BCUT2D eigenvalue weighted by Crippen LogP contribution is 2.21. The lowest BCUT2D eigenvalue weighted by Gasteiger charge is -2.16. The van der Waals surface area contributed by atoms with Gasteiger partial charge in [-0.3, -0.25) is 16.3 Å². The summed E-state index contributed by atoms with van der Waals surface area (Å²) in [7, 11) is 0. The molecular weight excluding hydrogens is 250 g/mol. The van der Waals surface area contributed by atoms with Crippen LogP contribution in [-0.4, -0.2) is 15.0 Å². The third-order valence-electron chi connectivity index (χ3n) is 3.33. The molecule has 0 aliphatic rings. The van der Waals surface area contributed by atoms with Crippen molar-refractivity contribution in [2.24, 2.45) is 5.84 Å². The number of rotatable bonds is 4. The molecule has 1 unspecified atom stereocenters. The number of hydrogen-bond acceptors (Lipinski definition) is 5. The van der Waals surface area contributed by atoms with E-state index in [2.05, 4.69) is 26.4 Å². The fraction of sp³-hybridized carbons (Fsp3) is 0.133. The summed E-state index contributed by atoms with van der Waals surface area (Å²) in [6, 6.07) is 11.9. The number of nitrogens with two attached hydrogens (primary N) is 1. The zero-order valence-electron chi connectivity index (χ0n) is 10.9. The van der Waals surface area contributed by atoms with Crippen molar-refractivity contribution in [3.8, 4) is 0 Å². The minimum absolute atomic E-state index is 0.0520. The molecular formula is C15H15N5. The lowest BCUT2D eigenvalue weighted by Crippen LogP contribution is -2.30. The molecule has 2 heterocycles. The fourth-order valence-electron chi connectivity index (χ4n) is 2.31. The summed E-state index contributed by atoms with van der Waals surface area (Å²) in [6.45, 7) is 0. The number of aromatic nitrogens is 3. The van der Waals surface area contributed by atoms with Gasteiger partial charge in [-0.2, -0.15) is 0 Å². The molecule has 0 aliphatic carbocycles. The molecule has 100 valence electrons. The van der Waals surface area contributed by atoms with Gasteiger partial charge < -0.3 is 0 Å². The predicted molar refractivity (Wildman–Crippen MR) is 77.5 cm³/mol. The van der Waals surface area contributed by atoms with Crippen molar-refractivity contribution >= 4 is 10.9 Å². The fourth-order valence-corrected chi connectivity index (χ4v) is 2.31. The topological polar surface area (TPSA) is 76.7 Å². The van der Waals surface area contributed by atoms with Crippen molar-refractivity contribution in [1.82, 2.24) is 20.4 Å². The molecule has 0 bridgehead atoms. The molecule has 3 aromatic rings. The minimum Gasteiger partial charge on any atom is -0.271 e. The Kier molecular flexibility index (Phi) is 3.62. The second-order valence-corrected chi connectivity index (χ2v) is 4.54. The highest BCUT2D eigenvalue weighted by Gasteiger charge is 2.13. The van der Waals surface area contributed by atoms with Crippen LogP contribution >= 0.6 is 0 Å². The van der Waals surface area contributed by atoms with E-state index in [-0.39, 0.29) is 6.04 Å². The molecule has 0 saturated carbocycles. The van der Waals surface area contributed by atoms with Gasteiger partial charge in [-0.15, -0.1) is 0 Å². The van der Waals surface area contributed by atoms with Crippen molar-refractivity contribution in [3.63, 3.8) is 0 Å². The van der Waals surface area contributed by atoms with Gasteiger partial charge in [0.05, 0.1) is 17.3 Å².